The third kappa shape index (κ3) is 8.26. The largest absolute Gasteiger partial charge is 0.465 e. The number of nitrogens with one attached hydrogen (secondary N) is 2. The van der Waals surface area contributed by atoms with E-state index in [-0.39, 0.29) is 24.7 Å². The molecule has 2 heterocycles. The minimum Gasteiger partial charge on any atom is -0.465 e. The summed E-state index contributed by atoms with van der Waals surface area (Å²) in [5, 5.41) is 7.00. The van der Waals surface area contributed by atoms with Crippen LogP contribution in [0.4, 0.5) is 11.4 Å². The van der Waals surface area contributed by atoms with E-state index in [2.05, 4.69) is 25.3 Å². The lowest BCUT2D eigenvalue weighted by Crippen LogP contribution is -2.18. The van der Waals surface area contributed by atoms with E-state index in [9.17, 15) is 14.4 Å². The lowest BCUT2D eigenvalue weighted by Gasteiger charge is -2.07. The first kappa shape index (κ1) is 25.2. The molecule has 0 saturated heterocycles. The van der Waals surface area contributed by atoms with E-state index in [0.29, 0.717) is 16.3 Å². The van der Waals surface area contributed by atoms with Gasteiger partial charge in [0.1, 0.15) is 11.2 Å². The maximum Gasteiger partial charge on any atom is 0.350 e. The standard InChI is InChI=1S/C15H16N4O4S.2C2H6/c1-9-7-24-14(15(22)23-2)13(9)19-12(21)4-3-11(20)18-10-5-16-8-17-6-10;2*1-2/h5-8H,3-4H2,1-2H3,(H,18,20)(H,19,21);2*1-2H3. The SMILES string of the molecule is CC.CC.COC(=O)c1scc(C)c1NC(=O)CCC(=O)Nc1cncnc1. The number of carbonyl (C=O) groups excluding carboxylic acids is 3. The van der Waals surface area contributed by atoms with Crippen LogP contribution in [0.15, 0.2) is 24.1 Å². The maximum absolute atomic E-state index is 12.0. The summed E-state index contributed by atoms with van der Waals surface area (Å²) >= 11 is 1.19. The van der Waals surface area contributed by atoms with Gasteiger partial charge in [0.2, 0.25) is 11.8 Å². The number of hydrogen-bond acceptors (Lipinski definition) is 7. The number of hydrogen-bond donors (Lipinski definition) is 2. The molecule has 0 aliphatic rings. The average molecular weight is 409 g/mol. The summed E-state index contributed by atoms with van der Waals surface area (Å²) in [5.74, 6) is -1.19. The van der Waals surface area contributed by atoms with Gasteiger partial charge in [0.15, 0.2) is 0 Å². The Morgan fingerprint density at radius 2 is 1.54 bits per heavy atom. The van der Waals surface area contributed by atoms with Crippen LogP contribution in [0.3, 0.4) is 0 Å². The molecular weight excluding hydrogens is 380 g/mol. The Balaban J connectivity index is 0.00000171. The van der Waals surface area contributed by atoms with E-state index in [4.69, 9.17) is 0 Å². The highest BCUT2D eigenvalue weighted by Gasteiger charge is 2.19. The molecule has 0 bridgehead atoms. The average Bonchev–Trinajstić information content (AvgIpc) is 3.10. The van der Waals surface area contributed by atoms with Crippen molar-refractivity contribution in [3.63, 3.8) is 0 Å². The molecule has 2 aromatic rings. The van der Waals surface area contributed by atoms with E-state index >= 15 is 0 Å². The van der Waals surface area contributed by atoms with Crippen molar-refractivity contribution in [2.75, 3.05) is 17.7 Å². The molecule has 0 spiro atoms. The molecule has 0 fully saturated rings. The van der Waals surface area contributed by atoms with Gasteiger partial charge in [-0.05, 0) is 17.9 Å². The number of amides is 2. The summed E-state index contributed by atoms with van der Waals surface area (Å²) in [7, 11) is 1.28. The van der Waals surface area contributed by atoms with Crippen molar-refractivity contribution in [3.05, 3.63) is 34.5 Å². The van der Waals surface area contributed by atoms with Crippen molar-refractivity contribution in [1.29, 1.82) is 0 Å². The molecule has 8 nitrogen and oxygen atoms in total. The van der Waals surface area contributed by atoms with Gasteiger partial charge < -0.3 is 15.4 Å². The fraction of sp³-hybridized carbons (Fsp3) is 0.421. The molecule has 2 N–H and O–H groups in total. The van der Waals surface area contributed by atoms with Crippen LogP contribution in [0.25, 0.3) is 0 Å². The second-order valence-electron chi connectivity index (χ2n) is 4.84. The maximum atomic E-state index is 12.0. The molecule has 0 atom stereocenters. The van der Waals surface area contributed by atoms with Gasteiger partial charge in [0, 0.05) is 12.8 Å². The van der Waals surface area contributed by atoms with Crippen LogP contribution in [-0.4, -0.2) is 34.9 Å². The Hall–Kier alpha value is -2.81. The molecule has 2 amide bonds. The van der Waals surface area contributed by atoms with E-state index in [1.807, 2.05) is 27.7 Å². The fourth-order valence-corrected chi connectivity index (χ4v) is 2.78. The molecule has 0 aliphatic carbocycles. The van der Waals surface area contributed by atoms with Gasteiger partial charge in [-0.2, -0.15) is 0 Å². The molecule has 28 heavy (non-hydrogen) atoms. The summed E-state index contributed by atoms with van der Waals surface area (Å²) in [6, 6.07) is 0. The monoisotopic (exact) mass is 408 g/mol. The number of nitrogens with zero attached hydrogens (tertiary/aromatic N) is 2. The molecule has 2 rings (SSSR count). The van der Waals surface area contributed by atoms with Crippen molar-refractivity contribution in [2.24, 2.45) is 0 Å². The second kappa shape index (κ2) is 14.3. The number of esters is 1. The Labute approximate surface area is 169 Å². The van der Waals surface area contributed by atoms with Crippen LogP contribution in [0.5, 0.6) is 0 Å². The number of rotatable bonds is 6. The van der Waals surface area contributed by atoms with Crippen LogP contribution in [0.2, 0.25) is 0 Å². The molecule has 2 aromatic heterocycles. The van der Waals surface area contributed by atoms with Crippen LogP contribution in [0.1, 0.15) is 55.8 Å². The van der Waals surface area contributed by atoms with Crippen LogP contribution < -0.4 is 10.6 Å². The van der Waals surface area contributed by atoms with E-state index < -0.39 is 5.97 Å². The van der Waals surface area contributed by atoms with E-state index in [0.717, 1.165) is 5.56 Å². The number of anilines is 2. The van der Waals surface area contributed by atoms with Crippen molar-refractivity contribution in [1.82, 2.24) is 9.97 Å². The molecule has 0 unspecified atom stereocenters. The summed E-state index contributed by atoms with van der Waals surface area (Å²) in [6.07, 6.45) is 4.25. The summed E-state index contributed by atoms with van der Waals surface area (Å²) in [6.45, 7) is 9.78. The second-order valence-corrected chi connectivity index (χ2v) is 5.72. The van der Waals surface area contributed by atoms with Crippen molar-refractivity contribution >= 4 is 40.5 Å². The van der Waals surface area contributed by atoms with E-state index in [1.54, 1.807) is 12.3 Å². The Bertz CT molecular complexity index is 748. The number of aryl methyl sites for hydroxylation is 1. The van der Waals surface area contributed by atoms with Gasteiger partial charge in [-0.1, -0.05) is 27.7 Å². The highest BCUT2D eigenvalue weighted by Crippen LogP contribution is 2.28. The predicted molar refractivity (Wildman–Crippen MR) is 112 cm³/mol. The first-order valence-electron chi connectivity index (χ1n) is 9.02. The normalized spacial score (nSPS) is 9.07. The van der Waals surface area contributed by atoms with Gasteiger partial charge in [0.25, 0.3) is 0 Å². The quantitative estimate of drug-likeness (QED) is 0.698. The molecule has 9 heteroatoms. The highest BCUT2D eigenvalue weighted by atomic mass is 32.1. The first-order chi connectivity index (χ1) is 13.5. The molecule has 154 valence electrons. The van der Waals surface area contributed by atoms with Crippen LogP contribution in [-0.2, 0) is 14.3 Å². The van der Waals surface area contributed by atoms with Gasteiger partial charge in [-0.15, -0.1) is 11.3 Å². The zero-order valence-corrected chi connectivity index (χ0v) is 18.0. The summed E-state index contributed by atoms with van der Waals surface area (Å²) < 4.78 is 4.68. The number of aromatic nitrogens is 2. The third-order valence-corrected chi connectivity index (χ3v) is 4.11. The van der Waals surface area contributed by atoms with Crippen molar-refractivity contribution in [3.8, 4) is 0 Å². The summed E-state index contributed by atoms with van der Waals surface area (Å²) in [4.78, 5) is 43.4. The van der Waals surface area contributed by atoms with Gasteiger partial charge >= 0.3 is 5.97 Å². The smallest absolute Gasteiger partial charge is 0.350 e. The molecular formula is C19H28N4O4S. The molecule has 0 saturated carbocycles. The van der Waals surface area contributed by atoms with Crippen molar-refractivity contribution < 1.29 is 19.1 Å². The van der Waals surface area contributed by atoms with Gasteiger partial charge in [-0.3, -0.25) is 9.59 Å². The molecule has 0 radical (unpaired) electrons. The fourth-order valence-electron chi connectivity index (χ4n) is 1.86. The topological polar surface area (TPSA) is 110 Å². The Morgan fingerprint density at radius 3 is 2.07 bits per heavy atom. The molecule has 0 aromatic carbocycles. The minimum absolute atomic E-state index is 0.00251. The lowest BCUT2D eigenvalue weighted by molar-refractivity contribution is -0.121. The van der Waals surface area contributed by atoms with E-state index in [1.165, 1.54) is 37.2 Å². The minimum atomic E-state index is -0.509. The lowest BCUT2D eigenvalue weighted by atomic mass is 10.2. The molecule has 0 aliphatic heterocycles. The number of carbonyl (C=O) groups is 3. The number of thiophene rings is 1. The third-order valence-electron chi connectivity index (χ3n) is 3.03. The van der Waals surface area contributed by atoms with Gasteiger partial charge in [-0.25, -0.2) is 14.8 Å². The van der Waals surface area contributed by atoms with Gasteiger partial charge in [0.05, 0.1) is 30.9 Å². The summed E-state index contributed by atoms with van der Waals surface area (Å²) in [5.41, 5.74) is 1.65. The van der Waals surface area contributed by atoms with Crippen molar-refractivity contribution in [2.45, 2.75) is 47.5 Å². The number of methoxy groups -OCH3 is 1. The zero-order valence-electron chi connectivity index (χ0n) is 17.2. The zero-order chi connectivity index (χ0) is 21.5. The predicted octanol–water partition coefficient (Wildman–Crippen LogP) is 4.04. The van der Waals surface area contributed by atoms with Crippen LogP contribution in [0, 0.1) is 6.92 Å². The Kier molecular flexibility index (Phi) is 12.8. The number of ether oxygens (including phenoxy) is 1. The van der Waals surface area contributed by atoms with Crippen LogP contribution >= 0.6 is 11.3 Å². The Morgan fingerprint density at radius 1 is 1.00 bits per heavy atom. The first-order valence-corrected chi connectivity index (χ1v) is 9.90. The highest BCUT2D eigenvalue weighted by molar-refractivity contribution is 7.12.